The third kappa shape index (κ3) is 1.59. The lowest BCUT2D eigenvalue weighted by molar-refractivity contribution is -0.595. The van der Waals surface area contributed by atoms with Crippen LogP contribution in [0.4, 0.5) is 5.69 Å². The smallest absolute Gasteiger partial charge is 0.253 e. The van der Waals surface area contributed by atoms with Gasteiger partial charge in [0, 0.05) is 6.54 Å². The number of carbonyl (C=O) groups excluding carboxylic acids is 2. The minimum absolute atomic E-state index is 0.0560. The fourth-order valence-corrected chi connectivity index (χ4v) is 8.24. The zero-order valence-electron chi connectivity index (χ0n) is 16.4. The quantitative estimate of drug-likeness (QED) is 0.803. The van der Waals surface area contributed by atoms with Crippen molar-refractivity contribution in [1.82, 2.24) is 5.32 Å². The van der Waals surface area contributed by atoms with Gasteiger partial charge in [0.25, 0.3) is 5.91 Å². The first kappa shape index (κ1) is 16.2. The molecule has 0 aromatic heterocycles. The van der Waals surface area contributed by atoms with Crippen LogP contribution in [0.2, 0.25) is 0 Å². The van der Waals surface area contributed by atoms with Gasteiger partial charge >= 0.3 is 0 Å². The van der Waals surface area contributed by atoms with Crippen LogP contribution in [0.1, 0.15) is 21.5 Å². The molecule has 4 nitrogen and oxygen atoms in total. The Kier molecular flexibility index (Phi) is 2.85. The molecular formula is C25H24N2O2. The van der Waals surface area contributed by atoms with Crippen LogP contribution in [0.5, 0.6) is 0 Å². The zero-order chi connectivity index (χ0) is 19.5. The molecule has 8 rings (SSSR count). The highest BCUT2D eigenvalue weighted by molar-refractivity contribution is 6.07. The molecule has 2 amide bonds. The first-order valence-electron chi connectivity index (χ1n) is 10.9. The Bertz CT molecular complexity index is 1020. The van der Waals surface area contributed by atoms with Gasteiger partial charge in [-0.25, -0.2) is 0 Å². The first-order chi connectivity index (χ1) is 14.2. The number of nitrogens with one attached hydrogen (secondary N) is 2. The second kappa shape index (κ2) is 5.10. The Morgan fingerprint density at radius 1 is 0.897 bits per heavy atom. The topological polar surface area (TPSA) is 58.2 Å². The zero-order valence-corrected chi connectivity index (χ0v) is 16.4. The fraction of sp³-hybridized carbons (Fsp3) is 0.440. The summed E-state index contributed by atoms with van der Waals surface area (Å²) < 4.78 is 0. The van der Waals surface area contributed by atoms with Crippen molar-refractivity contribution in [3.05, 3.63) is 65.2 Å². The molecule has 2 aromatic rings. The average molecular weight is 384 g/mol. The van der Waals surface area contributed by atoms with Gasteiger partial charge < -0.3 is 10.6 Å². The van der Waals surface area contributed by atoms with E-state index in [9.17, 15) is 9.59 Å². The first-order valence-corrected chi connectivity index (χ1v) is 10.9. The highest BCUT2D eigenvalue weighted by Crippen LogP contribution is 3.05. The van der Waals surface area contributed by atoms with Crippen molar-refractivity contribution in [1.29, 1.82) is 0 Å². The lowest BCUT2D eigenvalue weighted by Gasteiger charge is -3.06. The van der Waals surface area contributed by atoms with E-state index in [-0.39, 0.29) is 17.2 Å². The molecule has 2 aromatic carbocycles. The second-order valence-corrected chi connectivity index (χ2v) is 9.76. The molecule has 0 atom stereocenters. The minimum Gasteiger partial charge on any atom is -0.352 e. The summed E-state index contributed by atoms with van der Waals surface area (Å²) in [6.07, 6.45) is 0.791. The van der Waals surface area contributed by atoms with Crippen molar-refractivity contribution in [3.63, 3.8) is 0 Å². The number of anilines is 1. The third-order valence-corrected chi connectivity index (χ3v) is 9.16. The van der Waals surface area contributed by atoms with Gasteiger partial charge in [0.2, 0.25) is 5.91 Å². The summed E-state index contributed by atoms with van der Waals surface area (Å²) in [7, 11) is 0. The van der Waals surface area contributed by atoms with E-state index in [2.05, 4.69) is 22.8 Å². The van der Waals surface area contributed by atoms with Gasteiger partial charge in [0.1, 0.15) is 0 Å². The van der Waals surface area contributed by atoms with Crippen molar-refractivity contribution in [2.75, 3.05) is 11.9 Å². The third-order valence-electron chi connectivity index (χ3n) is 9.16. The fourth-order valence-electron chi connectivity index (χ4n) is 8.24. The van der Waals surface area contributed by atoms with Crippen molar-refractivity contribution in [3.8, 4) is 0 Å². The Labute approximate surface area is 170 Å². The van der Waals surface area contributed by atoms with Crippen LogP contribution in [0.25, 0.3) is 0 Å². The molecule has 6 fully saturated rings. The molecule has 0 saturated heterocycles. The van der Waals surface area contributed by atoms with E-state index in [0.29, 0.717) is 35.5 Å². The van der Waals surface area contributed by atoms with Gasteiger partial charge in [-0.2, -0.15) is 0 Å². The summed E-state index contributed by atoms with van der Waals surface area (Å²) in [6.45, 7) is 2.51. The number of benzene rings is 2. The molecular weight excluding hydrogens is 360 g/mol. The van der Waals surface area contributed by atoms with Gasteiger partial charge in [-0.1, -0.05) is 42.5 Å². The standard InChI is InChI=1S/C25H24N2O2/c1-12-6-5-9-14(15(12)23(28)26-11-10-13-7-3-2-4-8-13)27-24(29)25-20-17-16-18(20)22(25)19(16)21(17)25/h2-9,16-22H,10-11H2,1H3,(H,26,28)(H,27,29). The van der Waals surface area contributed by atoms with E-state index >= 15 is 0 Å². The van der Waals surface area contributed by atoms with Crippen LogP contribution < -0.4 is 10.6 Å². The molecule has 6 aliphatic carbocycles. The number of hydrogen-bond acceptors (Lipinski definition) is 2. The van der Waals surface area contributed by atoms with Gasteiger partial charge in [-0.3, -0.25) is 9.59 Å². The molecule has 29 heavy (non-hydrogen) atoms. The summed E-state index contributed by atoms with van der Waals surface area (Å²) in [5, 5.41) is 6.21. The summed E-state index contributed by atoms with van der Waals surface area (Å²) in [5.74, 6) is 5.69. The van der Waals surface area contributed by atoms with Crippen LogP contribution >= 0.6 is 0 Å². The van der Waals surface area contributed by atoms with E-state index in [4.69, 9.17) is 0 Å². The number of amides is 2. The van der Waals surface area contributed by atoms with Gasteiger partial charge in [0.15, 0.2) is 0 Å². The molecule has 4 heteroatoms. The molecule has 0 radical (unpaired) electrons. The van der Waals surface area contributed by atoms with Crippen molar-refractivity contribution in [2.45, 2.75) is 13.3 Å². The van der Waals surface area contributed by atoms with Crippen molar-refractivity contribution in [2.24, 2.45) is 46.8 Å². The maximum Gasteiger partial charge on any atom is 0.253 e. The molecule has 2 N–H and O–H groups in total. The Morgan fingerprint density at radius 2 is 1.59 bits per heavy atom. The summed E-state index contributed by atoms with van der Waals surface area (Å²) in [6, 6.07) is 15.9. The number of rotatable bonds is 6. The second-order valence-electron chi connectivity index (χ2n) is 9.76. The monoisotopic (exact) mass is 384 g/mol. The number of carbonyl (C=O) groups is 2. The minimum atomic E-state index is -0.108. The van der Waals surface area contributed by atoms with E-state index in [1.54, 1.807) is 0 Å². The summed E-state index contributed by atoms with van der Waals surface area (Å²) >= 11 is 0. The molecule has 6 saturated carbocycles. The van der Waals surface area contributed by atoms with Crippen LogP contribution in [-0.2, 0) is 11.2 Å². The molecule has 146 valence electrons. The molecule has 6 aliphatic rings. The van der Waals surface area contributed by atoms with Crippen LogP contribution in [0.3, 0.4) is 0 Å². The maximum absolute atomic E-state index is 13.2. The molecule has 0 spiro atoms. The highest BCUT2D eigenvalue weighted by Gasteiger charge is 3.06. The van der Waals surface area contributed by atoms with E-state index in [0.717, 1.165) is 35.7 Å². The molecule has 0 bridgehead atoms. The molecule has 0 heterocycles. The predicted molar refractivity (Wildman–Crippen MR) is 109 cm³/mol. The average Bonchev–Trinajstić information content (AvgIpc) is 2.74. The largest absolute Gasteiger partial charge is 0.352 e. The number of hydrogen-bond donors (Lipinski definition) is 2. The van der Waals surface area contributed by atoms with Crippen LogP contribution in [0, 0.1) is 53.8 Å². The molecule has 0 aliphatic heterocycles. The highest BCUT2D eigenvalue weighted by atomic mass is 16.2. The lowest BCUT2D eigenvalue weighted by atomic mass is 8.96. The van der Waals surface area contributed by atoms with Gasteiger partial charge in [-0.15, -0.1) is 0 Å². The van der Waals surface area contributed by atoms with Gasteiger partial charge in [0.05, 0.1) is 16.7 Å². The normalized spacial score (nSPS) is 40.2. The van der Waals surface area contributed by atoms with E-state index < -0.39 is 0 Å². The van der Waals surface area contributed by atoms with Crippen molar-refractivity contribution < 1.29 is 9.59 Å². The van der Waals surface area contributed by atoms with Crippen LogP contribution in [0.15, 0.2) is 48.5 Å². The summed E-state index contributed by atoms with van der Waals surface area (Å²) in [5.41, 5.74) is 3.31. The van der Waals surface area contributed by atoms with E-state index in [1.165, 1.54) is 5.56 Å². The SMILES string of the molecule is Cc1cccc(NC(=O)C23C4C5C6C4C2C6C53)c1C(=O)NCCc1ccccc1. The van der Waals surface area contributed by atoms with E-state index in [1.807, 2.05) is 43.3 Å². The molecule has 0 unspecified atom stereocenters. The maximum atomic E-state index is 13.2. The Hall–Kier alpha value is -2.62. The predicted octanol–water partition coefficient (Wildman–Crippen LogP) is 3.27. The number of aryl methyl sites for hydroxylation is 1. The Morgan fingerprint density at radius 3 is 2.28 bits per heavy atom. The Balaban J connectivity index is 1.07. The van der Waals surface area contributed by atoms with Gasteiger partial charge in [-0.05, 0) is 72.0 Å². The van der Waals surface area contributed by atoms with Crippen LogP contribution in [-0.4, -0.2) is 18.4 Å². The van der Waals surface area contributed by atoms with Crippen molar-refractivity contribution >= 4 is 17.5 Å². The summed E-state index contributed by atoms with van der Waals surface area (Å²) in [4.78, 5) is 26.2. The lowest BCUT2D eigenvalue weighted by Crippen LogP contribution is -3.06.